The molecule has 0 unspecified atom stereocenters. The summed E-state index contributed by atoms with van der Waals surface area (Å²) >= 11 is 12.2. The summed E-state index contributed by atoms with van der Waals surface area (Å²) in [7, 11) is 0. The van der Waals surface area contributed by atoms with Gasteiger partial charge < -0.3 is 19.3 Å². The number of nitrogens with zero attached hydrogens (tertiary/aromatic N) is 1. The van der Waals surface area contributed by atoms with E-state index < -0.39 is 6.10 Å². The Bertz CT molecular complexity index is 908. The Kier molecular flexibility index (Phi) is 5.25. The molecule has 3 aliphatic rings. The number of hydrogen-bond acceptors (Lipinski definition) is 5. The van der Waals surface area contributed by atoms with Crippen LogP contribution in [0.25, 0.3) is 0 Å². The van der Waals surface area contributed by atoms with Crippen molar-refractivity contribution in [3.63, 3.8) is 0 Å². The summed E-state index contributed by atoms with van der Waals surface area (Å²) < 4.78 is 16.9. The van der Waals surface area contributed by atoms with Crippen molar-refractivity contribution in [3.05, 3.63) is 52.0 Å². The van der Waals surface area contributed by atoms with E-state index in [0.717, 1.165) is 43.8 Å². The van der Waals surface area contributed by atoms with Crippen LogP contribution in [0.2, 0.25) is 10.0 Å². The summed E-state index contributed by atoms with van der Waals surface area (Å²) in [6.07, 6.45) is 0.934. The van der Waals surface area contributed by atoms with E-state index in [1.165, 1.54) is 0 Å². The number of hydrogen-bond donors (Lipinski definition) is 1. The number of rotatable bonds is 4. The predicted octanol–water partition coefficient (Wildman–Crippen LogP) is 4.37. The van der Waals surface area contributed by atoms with Crippen molar-refractivity contribution in [3.8, 4) is 17.2 Å². The van der Waals surface area contributed by atoms with E-state index in [2.05, 4.69) is 4.90 Å². The summed E-state index contributed by atoms with van der Waals surface area (Å²) in [6.45, 7) is 3.06. The molecule has 154 valence electrons. The van der Waals surface area contributed by atoms with Crippen LogP contribution in [0.5, 0.6) is 17.2 Å². The van der Waals surface area contributed by atoms with Gasteiger partial charge in [-0.25, -0.2) is 0 Å². The molecule has 2 fully saturated rings. The topological polar surface area (TPSA) is 51.2 Å². The van der Waals surface area contributed by atoms with Crippen LogP contribution >= 0.6 is 23.2 Å². The highest BCUT2D eigenvalue weighted by molar-refractivity contribution is 6.42. The molecule has 2 aromatic carbocycles. The number of likely N-dealkylation sites (tertiary alicyclic amines) is 1. The normalized spacial score (nSPS) is 28.4. The average molecular weight is 436 g/mol. The van der Waals surface area contributed by atoms with Crippen molar-refractivity contribution < 1.29 is 19.3 Å². The Hall–Kier alpha value is -1.66. The second-order valence-corrected chi connectivity index (χ2v) is 8.99. The summed E-state index contributed by atoms with van der Waals surface area (Å²) in [5, 5.41) is 11.9. The van der Waals surface area contributed by atoms with Gasteiger partial charge >= 0.3 is 0 Å². The molecular formula is C22H23Cl2NO4. The lowest BCUT2D eigenvalue weighted by Crippen LogP contribution is -2.42. The first-order valence-corrected chi connectivity index (χ1v) is 10.7. The number of halogens is 2. The molecule has 0 bridgehead atoms. The van der Waals surface area contributed by atoms with E-state index in [0.29, 0.717) is 33.4 Å². The molecule has 5 nitrogen and oxygen atoms in total. The maximum Gasteiger partial charge on any atom is 0.231 e. The first kappa shape index (κ1) is 19.3. The van der Waals surface area contributed by atoms with Gasteiger partial charge in [0.05, 0.1) is 16.1 Å². The van der Waals surface area contributed by atoms with Crippen molar-refractivity contribution in [2.45, 2.75) is 31.6 Å². The molecule has 2 aromatic rings. The van der Waals surface area contributed by atoms with Crippen LogP contribution in [-0.4, -0.2) is 42.1 Å². The van der Waals surface area contributed by atoms with E-state index in [9.17, 15) is 5.11 Å². The molecule has 2 aliphatic heterocycles. The SMILES string of the molecule is O[C@@H]1C[C@H]2CN(Cc3ccc(Cl)c(Cl)c3)C[C@H]2C[C@H]1Oc1ccc2c(c1)OCO2. The van der Waals surface area contributed by atoms with Crippen LogP contribution in [-0.2, 0) is 6.54 Å². The van der Waals surface area contributed by atoms with Gasteiger partial charge in [-0.1, -0.05) is 29.3 Å². The molecule has 0 aromatic heterocycles. The zero-order valence-electron chi connectivity index (χ0n) is 15.9. The minimum atomic E-state index is -0.466. The standard InChI is InChI=1S/C22H23Cl2NO4/c23-17-3-1-13(5-18(17)24)9-25-10-14-6-19(26)21(7-15(14)11-25)29-16-2-4-20-22(8-16)28-12-27-20/h1-5,8,14-15,19,21,26H,6-7,9-12H2/t14-,15+,19+,21+/m0/s1. The average Bonchev–Trinajstić information content (AvgIpc) is 3.31. The minimum absolute atomic E-state index is 0.207. The Morgan fingerprint density at radius 1 is 0.966 bits per heavy atom. The predicted molar refractivity (Wildman–Crippen MR) is 111 cm³/mol. The molecule has 1 aliphatic carbocycles. The van der Waals surface area contributed by atoms with Gasteiger partial charge in [-0.15, -0.1) is 0 Å². The minimum Gasteiger partial charge on any atom is -0.488 e. The van der Waals surface area contributed by atoms with Gasteiger partial charge in [0.1, 0.15) is 11.9 Å². The Labute approximate surface area is 180 Å². The molecule has 0 amide bonds. The third-order valence-corrected chi connectivity index (χ3v) is 6.92. The molecule has 0 radical (unpaired) electrons. The molecule has 5 rings (SSSR count). The fourth-order valence-corrected chi connectivity index (χ4v) is 5.08. The lowest BCUT2D eigenvalue weighted by molar-refractivity contribution is -0.0232. The summed E-state index contributed by atoms with van der Waals surface area (Å²) in [5.74, 6) is 3.14. The van der Waals surface area contributed by atoms with E-state index in [4.69, 9.17) is 37.4 Å². The smallest absolute Gasteiger partial charge is 0.231 e. The van der Waals surface area contributed by atoms with Crippen molar-refractivity contribution >= 4 is 23.2 Å². The van der Waals surface area contributed by atoms with E-state index in [-0.39, 0.29) is 12.9 Å². The molecule has 1 saturated carbocycles. The molecule has 0 spiro atoms. The summed E-state index contributed by atoms with van der Waals surface area (Å²) in [4.78, 5) is 2.44. The highest BCUT2D eigenvalue weighted by Gasteiger charge is 2.42. The van der Waals surface area contributed by atoms with Crippen LogP contribution in [0.3, 0.4) is 0 Å². The zero-order chi connectivity index (χ0) is 20.0. The van der Waals surface area contributed by atoms with Gasteiger partial charge in [-0.05, 0) is 54.5 Å². The number of benzene rings is 2. The zero-order valence-corrected chi connectivity index (χ0v) is 17.4. The van der Waals surface area contributed by atoms with Gasteiger partial charge in [0.25, 0.3) is 0 Å². The van der Waals surface area contributed by atoms with Gasteiger partial charge in [-0.2, -0.15) is 0 Å². The van der Waals surface area contributed by atoms with Crippen LogP contribution in [0.1, 0.15) is 18.4 Å². The third-order valence-electron chi connectivity index (χ3n) is 6.18. The number of aliphatic hydroxyl groups is 1. The fraction of sp³-hybridized carbons (Fsp3) is 0.455. The maximum atomic E-state index is 10.7. The monoisotopic (exact) mass is 435 g/mol. The Morgan fingerprint density at radius 2 is 1.76 bits per heavy atom. The van der Waals surface area contributed by atoms with Gasteiger partial charge in [-0.3, -0.25) is 4.90 Å². The molecule has 1 N–H and O–H groups in total. The highest BCUT2D eigenvalue weighted by Crippen LogP contribution is 2.40. The van der Waals surface area contributed by atoms with Crippen molar-refractivity contribution in [1.29, 1.82) is 0 Å². The van der Waals surface area contributed by atoms with E-state index in [1.54, 1.807) is 0 Å². The van der Waals surface area contributed by atoms with Gasteiger partial charge in [0.15, 0.2) is 11.5 Å². The first-order chi connectivity index (χ1) is 14.0. The van der Waals surface area contributed by atoms with Crippen molar-refractivity contribution in [2.24, 2.45) is 11.8 Å². The maximum absolute atomic E-state index is 10.7. The molecule has 29 heavy (non-hydrogen) atoms. The second-order valence-electron chi connectivity index (χ2n) is 8.17. The van der Waals surface area contributed by atoms with Crippen molar-refractivity contribution in [2.75, 3.05) is 19.9 Å². The van der Waals surface area contributed by atoms with Crippen molar-refractivity contribution in [1.82, 2.24) is 4.90 Å². The first-order valence-electron chi connectivity index (χ1n) is 9.96. The molecule has 2 heterocycles. The second kappa shape index (κ2) is 7.88. The fourth-order valence-electron chi connectivity index (χ4n) is 4.76. The van der Waals surface area contributed by atoms with E-state index >= 15 is 0 Å². The Morgan fingerprint density at radius 3 is 2.59 bits per heavy atom. The summed E-state index contributed by atoms with van der Waals surface area (Å²) in [6, 6.07) is 11.4. The largest absolute Gasteiger partial charge is 0.488 e. The van der Waals surface area contributed by atoms with Crippen LogP contribution < -0.4 is 14.2 Å². The number of fused-ring (bicyclic) bond motifs is 2. The lowest BCUT2D eigenvalue weighted by atomic mass is 9.78. The molecular weight excluding hydrogens is 413 g/mol. The molecule has 4 atom stereocenters. The lowest BCUT2D eigenvalue weighted by Gasteiger charge is -2.35. The number of aliphatic hydroxyl groups excluding tert-OH is 1. The van der Waals surface area contributed by atoms with E-state index in [1.807, 2.05) is 36.4 Å². The van der Waals surface area contributed by atoms with Crippen LogP contribution in [0.15, 0.2) is 36.4 Å². The molecule has 1 saturated heterocycles. The Balaban J connectivity index is 1.22. The van der Waals surface area contributed by atoms with Crippen LogP contribution in [0.4, 0.5) is 0 Å². The van der Waals surface area contributed by atoms with Gasteiger partial charge in [0.2, 0.25) is 6.79 Å². The third kappa shape index (κ3) is 4.02. The number of ether oxygens (including phenoxy) is 3. The molecule has 7 heteroatoms. The van der Waals surface area contributed by atoms with Gasteiger partial charge in [0, 0.05) is 25.7 Å². The quantitative estimate of drug-likeness (QED) is 0.772. The summed E-state index contributed by atoms with van der Waals surface area (Å²) in [5.41, 5.74) is 1.16. The van der Waals surface area contributed by atoms with Crippen LogP contribution in [0, 0.1) is 11.8 Å². The highest BCUT2D eigenvalue weighted by atomic mass is 35.5.